The molecule has 0 aliphatic heterocycles. The van der Waals surface area contributed by atoms with Gasteiger partial charge in [-0.2, -0.15) is 0 Å². The third-order valence-corrected chi connectivity index (χ3v) is 6.61. The fourth-order valence-corrected chi connectivity index (χ4v) is 4.65. The molecule has 0 spiro atoms. The molecule has 202 valence electrons. The van der Waals surface area contributed by atoms with E-state index in [9.17, 15) is 9.18 Å². The number of hydrogen-bond donors (Lipinski definition) is 3. The van der Waals surface area contributed by atoms with Gasteiger partial charge >= 0.3 is 6.03 Å². The van der Waals surface area contributed by atoms with Gasteiger partial charge in [0.1, 0.15) is 23.7 Å². The van der Waals surface area contributed by atoms with E-state index >= 15 is 0 Å². The Bertz CT molecular complexity index is 1770. The van der Waals surface area contributed by atoms with Crippen LogP contribution in [0.2, 0.25) is 0 Å². The Kier molecular flexibility index (Phi) is 7.36. The molecule has 0 bridgehead atoms. The number of hydrogen-bond acceptors (Lipinski definition) is 5. The van der Waals surface area contributed by atoms with Crippen molar-refractivity contribution in [1.29, 1.82) is 0 Å². The van der Waals surface area contributed by atoms with E-state index in [0.29, 0.717) is 29.5 Å². The van der Waals surface area contributed by atoms with E-state index in [0.717, 1.165) is 39.8 Å². The van der Waals surface area contributed by atoms with Gasteiger partial charge in [-0.05, 0) is 53.9 Å². The van der Waals surface area contributed by atoms with Crippen molar-refractivity contribution in [2.75, 3.05) is 22.5 Å². The van der Waals surface area contributed by atoms with Crippen LogP contribution in [0.5, 0.6) is 0 Å². The molecule has 6 rings (SSSR count). The average Bonchev–Trinajstić information content (AvgIpc) is 3.41. The zero-order chi connectivity index (χ0) is 28.0. The maximum Gasteiger partial charge on any atom is 0.323 e. The highest BCUT2D eigenvalue weighted by Crippen LogP contribution is 2.42. The van der Waals surface area contributed by atoms with Gasteiger partial charge < -0.3 is 20.4 Å². The van der Waals surface area contributed by atoms with E-state index in [4.69, 9.17) is 4.42 Å². The fourth-order valence-electron chi connectivity index (χ4n) is 4.65. The molecule has 0 fully saturated rings. The standard InChI is InChI=1S/C33H26FN5O2/c34-25-13-17-27(18-14-25)39-33(40)38-26-15-11-22(12-16-26)19-20-35-31-29-28(23-7-3-1-4-8-23)30(24-9-5-2-6-10-24)41-32(29)37-21-36-31/h1-18,21H,19-20H2,(H,35,36,37)(H2,38,39,40). The summed E-state index contributed by atoms with van der Waals surface area (Å²) in [5.41, 5.74) is 5.71. The van der Waals surface area contributed by atoms with Gasteiger partial charge in [-0.25, -0.2) is 19.2 Å². The van der Waals surface area contributed by atoms with Crippen LogP contribution in [0.15, 0.2) is 120 Å². The Balaban J connectivity index is 1.16. The molecule has 2 amide bonds. The van der Waals surface area contributed by atoms with Crippen molar-refractivity contribution < 1.29 is 13.6 Å². The van der Waals surface area contributed by atoms with Crippen molar-refractivity contribution in [2.45, 2.75) is 6.42 Å². The quantitative estimate of drug-likeness (QED) is 0.181. The fraction of sp³-hybridized carbons (Fsp3) is 0.0606. The first-order chi connectivity index (χ1) is 20.1. The summed E-state index contributed by atoms with van der Waals surface area (Å²) < 4.78 is 19.4. The van der Waals surface area contributed by atoms with E-state index in [1.807, 2.05) is 72.8 Å². The normalized spacial score (nSPS) is 10.9. The zero-order valence-electron chi connectivity index (χ0n) is 22.0. The van der Waals surface area contributed by atoms with Gasteiger partial charge in [0.2, 0.25) is 5.71 Å². The summed E-state index contributed by atoms with van der Waals surface area (Å²) in [4.78, 5) is 21.3. The molecule has 6 aromatic rings. The number of anilines is 3. The molecular formula is C33H26FN5O2. The topological polar surface area (TPSA) is 92.1 Å². The molecule has 0 saturated carbocycles. The monoisotopic (exact) mass is 543 g/mol. The van der Waals surface area contributed by atoms with Crippen LogP contribution in [0.3, 0.4) is 0 Å². The molecule has 0 saturated heterocycles. The first-order valence-corrected chi connectivity index (χ1v) is 13.2. The van der Waals surface area contributed by atoms with Crippen molar-refractivity contribution in [3.8, 4) is 22.5 Å². The summed E-state index contributed by atoms with van der Waals surface area (Å²) in [6.07, 6.45) is 2.24. The summed E-state index contributed by atoms with van der Waals surface area (Å²) in [5, 5.41) is 9.78. The van der Waals surface area contributed by atoms with Gasteiger partial charge in [0, 0.05) is 29.0 Å². The van der Waals surface area contributed by atoms with Crippen molar-refractivity contribution in [2.24, 2.45) is 0 Å². The van der Waals surface area contributed by atoms with Crippen molar-refractivity contribution in [3.63, 3.8) is 0 Å². The van der Waals surface area contributed by atoms with Gasteiger partial charge in [-0.15, -0.1) is 0 Å². The van der Waals surface area contributed by atoms with Crippen LogP contribution in [0, 0.1) is 5.82 Å². The molecule has 0 radical (unpaired) electrons. The van der Waals surface area contributed by atoms with Crippen LogP contribution in [-0.4, -0.2) is 22.5 Å². The van der Waals surface area contributed by atoms with Gasteiger partial charge in [-0.3, -0.25) is 0 Å². The smallest absolute Gasteiger partial charge is 0.323 e. The second kappa shape index (κ2) is 11.7. The summed E-state index contributed by atoms with van der Waals surface area (Å²) in [7, 11) is 0. The average molecular weight is 544 g/mol. The number of halogens is 1. The summed E-state index contributed by atoms with van der Waals surface area (Å²) in [5.74, 6) is 1.10. The van der Waals surface area contributed by atoms with Gasteiger partial charge in [0.25, 0.3) is 0 Å². The van der Waals surface area contributed by atoms with Gasteiger partial charge in [0.05, 0.1) is 5.39 Å². The van der Waals surface area contributed by atoms with Crippen molar-refractivity contribution in [3.05, 3.63) is 127 Å². The molecule has 2 aromatic heterocycles. The van der Waals surface area contributed by atoms with Crippen molar-refractivity contribution >= 4 is 34.3 Å². The molecule has 7 nitrogen and oxygen atoms in total. The predicted molar refractivity (Wildman–Crippen MR) is 160 cm³/mol. The van der Waals surface area contributed by atoms with E-state index in [1.165, 1.54) is 30.6 Å². The maximum absolute atomic E-state index is 13.1. The lowest BCUT2D eigenvalue weighted by molar-refractivity contribution is 0.262. The first-order valence-electron chi connectivity index (χ1n) is 13.2. The number of nitrogens with one attached hydrogen (secondary N) is 3. The Labute approximate surface area is 236 Å². The summed E-state index contributed by atoms with van der Waals surface area (Å²) in [6.45, 7) is 0.629. The number of amides is 2. The first kappa shape index (κ1) is 25.8. The molecule has 41 heavy (non-hydrogen) atoms. The Hall–Kier alpha value is -5.50. The largest absolute Gasteiger partial charge is 0.437 e. The maximum atomic E-state index is 13.1. The van der Waals surface area contributed by atoms with Crippen LogP contribution in [0.1, 0.15) is 5.56 Å². The minimum atomic E-state index is -0.400. The second-order valence-electron chi connectivity index (χ2n) is 9.40. The number of carbonyl (C=O) groups excluding carboxylic acids is 1. The van der Waals surface area contributed by atoms with Crippen LogP contribution in [0.25, 0.3) is 33.6 Å². The van der Waals surface area contributed by atoms with Gasteiger partial charge in [0.15, 0.2) is 0 Å². The number of carbonyl (C=O) groups is 1. The molecule has 0 aliphatic carbocycles. The molecule has 8 heteroatoms. The Morgan fingerprint density at radius 1 is 0.732 bits per heavy atom. The highest BCUT2D eigenvalue weighted by atomic mass is 19.1. The zero-order valence-corrected chi connectivity index (χ0v) is 22.0. The third kappa shape index (κ3) is 5.91. The number of furan rings is 1. The van der Waals surface area contributed by atoms with Gasteiger partial charge in [-0.1, -0.05) is 72.8 Å². The van der Waals surface area contributed by atoms with Crippen molar-refractivity contribution in [1.82, 2.24) is 9.97 Å². The second-order valence-corrected chi connectivity index (χ2v) is 9.40. The van der Waals surface area contributed by atoms with Crippen LogP contribution >= 0.6 is 0 Å². The van der Waals surface area contributed by atoms with E-state index < -0.39 is 6.03 Å². The number of rotatable bonds is 8. The minimum absolute atomic E-state index is 0.358. The molecule has 4 aromatic carbocycles. The Morgan fingerprint density at radius 2 is 1.34 bits per heavy atom. The number of aromatic nitrogens is 2. The summed E-state index contributed by atoms with van der Waals surface area (Å²) in [6, 6.07) is 32.9. The third-order valence-electron chi connectivity index (χ3n) is 6.61. The number of urea groups is 1. The van der Waals surface area contributed by atoms with E-state index in [2.05, 4.69) is 38.1 Å². The minimum Gasteiger partial charge on any atom is -0.437 e. The molecular weight excluding hydrogens is 517 g/mol. The highest BCUT2D eigenvalue weighted by Gasteiger charge is 2.21. The lowest BCUT2D eigenvalue weighted by atomic mass is 9.99. The number of fused-ring (bicyclic) bond motifs is 1. The van der Waals surface area contributed by atoms with Crippen LogP contribution in [0.4, 0.5) is 26.4 Å². The lowest BCUT2D eigenvalue weighted by Crippen LogP contribution is -2.19. The van der Waals surface area contributed by atoms with E-state index in [-0.39, 0.29) is 5.82 Å². The number of benzene rings is 4. The van der Waals surface area contributed by atoms with Crippen LogP contribution < -0.4 is 16.0 Å². The SMILES string of the molecule is O=C(Nc1ccc(F)cc1)Nc1ccc(CCNc2ncnc3oc(-c4ccccc4)c(-c4ccccc4)c23)cc1. The Morgan fingerprint density at radius 3 is 2.00 bits per heavy atom. The van der Waals surface area contributed by atoms with Crippen LogP contribution in [-0.2, 0) is 6.42 Å². The lowest BCUT2D eigenvalue weighted by Gasteiger charge is -2.10. The molecule has 3 N–H and O–H groups in total. The molecule has 0 aliphatic rings. The molecule has 0 unspecified atom stereocenters. The highest BCUT2D eigenvalue weighted by molar-refractivity contribution is 6.05. The van der Waals surface area contributed by atoms with E-state index in [1.54, 1.807) is 0 Å². The predicted octanol–water partition coefficient (Wildman–Crippen LogP) is 7.99. The molecule has 0 atom stereocenters. The molecule has 2 heterocycles. The summed E-state index contributed by atoms with van der Waals surface area (Å²) >= 11 is 0. The number of nitrogens with zero attached hydrogens (tertiary/aromatic N) is 2.